The maximum atomic E-state index is 10.4. The Morgan fingerprint density at radius 2 is 1.87 bits per heavy atom. The number of primary amides is 1. The van der Waals surface area contributed by atoms with Crippen LogP contribution in [0.25, 0.3) is 6.08 Å². The molecule has 5 heteroatoms. The van der Waals surface area contributed by atoms with Crippen LogP contribution in [0.3, 0.4) is 0 Å². The highest BCUT2D eigenvalue weighted by Gasteiger charge is 1.97. The molecular formula is C10H9NO4. The zero-order chi connectivity index (χ0) is 11.3. The average Bonchev–Trinajstić information content (AvgIpc) is 2.16. The van der Waals surface area contributed by atoms with Crippen molar-refractivity contribution in [2.24, 2.45) is 5.73 Å². The molecule has 0 radical (unpaired) electrons. The van der Waals surface area contributed by atoms with E-state index in [1.807, 2.05) is 0 Å². The maximum Gasteiger partial charge on any atom is 0.409 e. The van der Waals surface area contributed by atoms with Gasteiger partial charge in [-0.15, -0.1) is 0 Å². The van der Waals surface area contributed by atoms with Gasteiger partial charge in [-0.05, 0) is 23.8 Å². The Hall–Kier alpha value is -2.30. The predicted molar refractivity (Wildman–Crippen MR) is 53.3 cm³/mol. The molecule has 1 aromatic rings. The van der Waals surface area contributed by atoms with Crippen LogP contribution in [0.2, 0.25) is 0 Å². The van der Waals surface area contributed by atoms with E-state index < -0.39 is 12.1 Å². The summed E-state index contributed by atoms with van der Waals surface area (Å²) in [5.41, 5.74) is 5.50. The Morgan fingerprint density at radius 1 is 1.27 bits per heavy atom. The molecule has 0 fully saturated rings. The second-order valence-electron chi connectivity index (χ2n) is 2.66. The number of nitrogens with two attached hydrogens (primary N) is 1. The van der Waals surface area contributed by atoms with E-state index in [0.717, 1.165) is 6.08 Å². The summed E-state index contributed by atoms with van der Waals surface area (Å²) < 4.78 is 4.59. The van der Waals surface area contributed by atoms with Gasteiger partial charge in [-0.3, -0.25) is 0 Å². The minimum absolute atomic E-state index is 0.315. The molecule has 5 nitrogen and oxygen atoms in total. The predicted octanol–water partition coefficient (Wildman–Crippen LogP) is 1.24. The highest BCUT2D eigenvalue weighted by molar-refractivity contribution is 5.85. The van der Waals surface area contributed by atoms with Gasteiger partial charge in [0.1, 0.15) is 5.75 Å². The molecule has 1 aromatic carbocycles. The Balaban J connectivity index is 2.72. The first-order chi connectivity index (χ1) is 7.08. The number of carbonyl (C=O) groups excluding carboxylic acids is 1. The fraction of sp³-hybridized carbons (Fsp3) is 0. The van der Waals surface area contributed by atoms with Crippen LogP contribution in [0.4, 0.5) is 4.79 Å². The number of rotatable bonds is 3. The summed E-state index contributed by atoms with van der Waals surface area (Å²) >= 11 is 0. The Morgan fingerprint density at radius 3 is 2.33 bits per heavy atom. The van der Waals surface area contributed by atoms with Gasteiger partial charge in [0.2, 0.25) is 0 Å². The third-order valence-corrected chi connectivity index (χ3v) is 1.52. The van der Waals surface area contributed by atoms with Gasteiger partial charge in [0, 0.05) is 6.08 Å². The van der Waals surface area contributed by atoms with E-state index in [1.165, 1.54) is 18.2 Å². The highest BCUT2D eigenvalue weighted by atomic mass is 16.5. The van der Waals surface area contributed by atoms with Crippen LogP contribution < -0.4 is 10.5 Å². The molecule has 1 rings (SSSR count). The molecular weight excluding hydrogens is 198 g/mol. The SMILES string of the molecule is NC(=O)Oc1ccc(C=CC(=O)O)cc1. The molecule has 0 unspecified atom stereocenters. The van der Waals surface area contributed by atoms with E-state index in [1.54, 1.807) is 12.1 Å². The highest BCUT2D eigenvalue weighted by Crippen LogP contribution is 2.12. The number of amides is 1. The van der Waals surface area contributed by atoms with Crippen molar-refractivity contribution < 1.29 is 19.4 Å². The topological polar surface area (TPSA) is 89.6 Å². The number of ether oxygens (including phenoxy) is 1. The number of carbonyl (C=O) groups is 2. The standard InChI is InChI=1S/C10H9NO4/c11-10(14)15-8-4-1-7(2-5-8)3-6-9(12)13/h1-6H,(H2,11,14)(H,12,13). The summed E-state index contributed by atoms with van der Waals surface area (Å²) in [5.74, 6) is -0.706. The first-order valence-corrected chi connectivity index (χ1v) is 4.06. The molecule has 3 N–H and O–H groups in total. The van der Waals surface area contributed by atoms with Gasteiger partial charge in [0.05, 0.1) is 0 Å². The molecule has 0 spiro atoms. The maximum absolute atomic E-state index is 10.4. The number of carboxylic acids is 1. The lowest BCUT2D eigenvalue weighted by Crippen LogP contribution is -2.16. The van der Waals surface area contributed by atoms with E-state index in [0.29, 0.717) is 11.3 Å². The molecule has 0 heterocycles. The van der Waals surface area contributed by atoms with Gasteiger partial charge in [-0.1, -0.05) is 12.1 Å². The van der Waals surface area contributed by atoms with Crippen LogP contribution in [-0.2, 0) is 4.79 Å². The third kappa shape index (κ3) is 3.95. The first kappa shape index (κ1) is 10.8. The van der Waals surface area contributed by atoms with Crippen molar-refractivity contribution in [3.63, 3.8) is 0 Å². The lowest BCUT2D eigenvalue weighted by atomic mass is 10.2. The van der Waals surface area contributed by atoms with Crippen molar-refractivity contribution in [2.45, 2.75) is 0 Å². The molecule has 78 valence electrons. The van der Waals surface area contributed by atoms with Crippen molar-refractivity contribution in [2.75, 3.05) is 0 Å². The average molecular weight is 207 g/mol. The summed E-state index contributed by atoms with van der Waals surface area (Å²) in [4.78, 5) is 20.6. The second kappa shape index (κ2) is 4.80. The molecule has 0 saturated carbocycles. The minimum Gasteiger partial charge on any atom is -0.478 e. The molecule has 1 amide bonds. The molecule has 0 aromatic heterocycles. The van der Waals surface area contributed by atoms with Crippen molar-refractivity contribution >= 4 is 18.1 Å². The summed E-state index contributed by atoms with van der Waals surface area (Å²) in [7, 11) is 0. The van der Waals surface area contributed by atoms with Gasteiger partial charge in [0.15, 0.2) is 0 Å². The minimum atomic E-state index is -1.02. The van der Waals surface area contributed by atoms with Crippen molar-refractivity contribution in [1.29, 1.82) is 0 Å². The van der Waals surface area contributed by atoms with Crippen LogP contribution >= 0.6 is 0 Å². The lowest BCUT2D eigenvalue weighted by molar-refractivity contribution is -0.131. The van der Waals surface area contributed by atoms with Crippen molar-refractivity contribution in [3.05, 3.63) is 35.9 Å². The van der Waals surface area contributed by atoms with E-state index in [-0.39, 0.29) is 0 Å². The van der Waals surface area contributed by atoms with Crippen molar-refractivity contribution in [3.8, 4) is 5.75 Å². The molecule has 15 heavy (non-hydrogen) atoms. The number of benzene rings is 1. The van der Waals surface area contributed by atoms with Crippen LogP contribution in [-0.4, -0.2) is 17.2 Å². The third-order valence-electron chi connectivity index (χ3n) is 1.52. The Bertz CT molecular complexity index is 394. The quantitative estimate of drug-likeness (QED) is 0.729. The largest absolute Gasteiger partial charge is 0.478 e. The fourth-order valence-corrected chi connectivity index (χ4v) is 0.931. The van der Waals surface area contributed by atoms with Crippen LogP contribution in [0.1, 0.15) is 5.56 Å². The van der Waals surface area contributed by atoms with Gasteiger partial charge in [-0.25, -0.2) is 9.59 Å². The monoisotopic (exact) mass is 207 g/mol. The van der Waals surface area contributed by atoms with Crippen molar-refractivity contribution in [1.82, 2.24) is 0 Å². The fourth-order valence-electron chi connectivity index (χ4n) is 0.931. The van der Waals surface area contributed by atoms with E-state index >= 15 is 0 Å². The second-order valence-corrected chi connectivity index (χ2v) is 2.66. The zero-order valence-corrected chi connectivity index (χ0v) is 7.71. The van der Waals surface area contributed by atoms with Gasteiger partial charge in [0.25, 0.3) is 0 Å². The van der Waals surface area contributed by atoms with Crippen LogP contribution in [0.15, 0.2) is 30.3 Å². The molecule has 0 aliphatic rings. The molecule has 0 saturated heterocycles. The van der Waals surface area contributed by atoms with E-state index in [2.05, 4.69) is 4.74 Å². The summed E-state index contributed by atoms with van der Waals surface area (Å²) in [6.07, 6.45) is 1.56. The summed E-state index contributed by atoms with van der Waals surface area (Å²) in [6, 6.07) is 6.26. The summed E-state index contributed by atoms with van der Waals surface area (Å²) in [6.45, 7) is 0. The van der Waals surface area contributed by atoms with Gasteiger partial charge >= 0.3 is 12.1 Å². The number of hydrogen-bond donors (Lipinski definition) is 2. The van der Waals surface area contributed by atoms with Crippen LogP contribution in [0, 0.1) is 0 Å². The normalized spacial score (nSPS) is 10.1. The number of aliphatic carboxylic acids is 1. The molecule has 0 aliphatic heterocycles. The summed E-state index contributed by atoms with van der Waals surface area (Å²) in [5, 5.41) is 8.38. The van der Waals surface area contributed by atoms with E-state index in [9.17, 15) is 9.59 Å². The first-order valence-electron chi connectivity index (χ1n) is 4.06. The molecule has 0 aliphatic carbocycles. The van der Waals surface area contributed by atoms with Gasteiger partial charge in [-0.2, -0.15) is 0 Å². The zero-order valence-electron chi connectivity index (χ0n) is 7.71. The Labute approximate surface area is 85.8 Å². The van der Waals surface area contributed by atoms with Gasteiger partial charge < -0.3 is 15.6 Å². The molecule has 0 atom stereocenters. The number of carboxylic acid groups (broad SMARTS) is 1. The Kier molecular flexibility index (Phi) is 3.45. The van der Waals surface area contributed by atoms with Crippen LogP contribution in [0.5, 0.6) is 5.75 Å². The lowest BCUT2D eigenvalue weighted by Gasteiger charge is -1.99. The molecule has 0 bridgehead atoms. The smallest absolute Gasteiger partial charge is 0.409 e. The number of hydrogen-bond acceptors (Lipinski definition) is 3. The van der Waals surface area contributed by atoms with E-state index in [4.69, 9.17) is 10.8 Å².